The Morgan fingerprint density at radius 1 is 1.28 bits per heavy atom. The highest BCUT2D eigenvalue weighted by Crippen LogP contribution is 2.28. The Balaban J connectivity index is 2.22. The molecule has 0 fully saturated rings. The molecule has 7 nitrogen and oxygen atoms in total. The number of hydrogen-bond acceptors (Lipinski definition) is 5. The number of ether oxygens (including phenoxy) is 3. The van der Waals surface area contributed by atoms with Gasteiger partial charge in [-0.25, -0.2) is 9.59 Å². The van der Waals surface area contributed by atoms with E-state index in [1.165, 1.54) is 7.11 Å². The standard InChI is InChI=1S/C18H22N2O5/c1-4-9-24-14-7-5-13(6-8-14)16-15(12(2)19-18(22)20-16)17(21)25-11-10-23-3/h4-8,16H,1,9-11H2,2-3H3,(H2,19,20,22)/t16-/m0/s1. The molecule has 0 aromatic heterocycles. The van der Waals surface area contributed by atoms with Gasteiger partial charge in [-0.1, -0.05) is 24.8 Å². The highest BCUT2D eigenvalue weighted by molar-refractivity contribution is 5.95. The third-order valence-corrected chi connectivity index (χ3v) is 3.59. The van der Waals surface area contributed by atoms with Gasteiger partial charge in [-0.15, -0.1) is 0 Å². The lowest BCUT2D eigenvalue weighted by Crippen LogP contribution is -2.45. The number of nitrogens with one attached hydrogen (secondary N) is 2. The molecule has 0 saturated heterocycles. The molecule has 25 heavy (non-hydrogen) atoms. The summed E-state index contributed by atoms with van der Waals surface area (Å²) in [5.74, 6) is 0.174. The fraction of sp³-hybridized carbons (Fsp3) is 0.333. The minimum atomic E-state index is -0.600. The summed E-state index contributed by atoms with van der Waals surface area (Å²) in [7, 11) is 1.53. The Morgan fingerprint density at radius 2 is 2.00 bits per heavy atom. The van der Waals surface area contributed by atoms with Crippen LogP contribution in [0.15, 0.2) is 48.2 Å². The van der Waals surface area contributed by atoms with Gasteiger partial charge in [0.15, 0.2) is 0 Å². The Kier molecular flexibility index (Phi) is 6.59. The second-order valence-electron chi connectivity index (χ2n) is 5.37. The smallest absolute Gasteiger partial charge is 0.338 e. The zero-order valence-electron chi connectivity index (χ0n) is 14.3. The first-order chi connectivity index (χ1) is 12.1. The number of esters is 1. The van der Waals surface area contributed by atoms with E-state index in [0.29, 0.717) is 30.2 Å². The Morgan fingerprint density at radius 3 is 2.64 bits per heavy atom. The third-order valence-electron chi connectivity index (χ3n) is 3.59. The molecule has 0 unspecified atom stereocenters. The van der Waals surface area contributed by atoms with Crippen LogP contribution in [0.1, 0.15) is 18.5 Å². The van der Waals surface area contributed by atoms with Crippen LogP contribution in [0.5, 0.6) is 5.75 Å². The van der Waals surface area contributed by atoms with Gasteiger partial charge in [-0.05, 0) is 24.6 Å². The number of carbonyl (C=O) groups excluding carboxylic acids is 2. The molecule has 1 heterocycles. The predicted molar refractivity (Wildman–Crippen MR) is 92.1 cm³/mol. The van der Waals surface area contributed by atoms with Crippen molar-refractivity contribution in [2.24, 2.45) is 0 Å². The first-order valence-electron chi connectivity index (χ1n) is 7.84. The number of hydrogen-bond donors (Lipinski definition) is 2. The van der Waals surface area contributed by atoms with Crippen LogP contribution in [-0.2, 0) is 14.3 Å². The van der Waals surface area contributed by atoms with E-state index in [2.05, 4.69) is 17.2 Å². The molecule has 2 N–H and O–H groups in total. The molecule has 1 aromatic carbocycles. The monoisotopic (exact) mass is 346 g/mol. The summed E-state index contributed by atoms with van der Waals surface area (Å²) in [6, 6.07) is 6.17. The quantitative estimate of drug-likeness (QED) is 0.428. The lowest BCUT2D eigenvalue weighted by Gasteiger charge is -2.28. The molecule has 134 valence electrons. The van der Waals surface area contributed by atoms with E-state index >= 15 is 0 Å². The van der Waals surface area contributed by atoms with Crippen LogP contribution in [0.25, 0.3) is 0 Å². The number of methoxy groups -OCH3 is 1. The number of benzene rings is 1. The molecular formula is C18H22N2O5. The van der Waals surface area contributed by atoms with Crippen molar-refractivity contribution in [2.45, 2.75) is 13.0 Å². The maximum atomic E-state index is 12.4. The molecule has 1 atom stereocenters. The molecule has 0 spiro atoms. The number of carbonyl (C=O) groups is 2. The Bertz CT molecular complexity index is 667. The summed E-state index contributed by atoms with van der Waals surface area (Å²) < 4.78 is 15.5. The minimum Gasteiger partial charge on any atom is -0.490 e. The molecule has 1 aromatic rings. The van der Waals surface area contributed by atoms with Crippen molar-refractivity contribution in [3.8, 4) is 5.75 Å². The Labute approximate surface area is 146 Å². The van der Waals surface area contributed by atoms with E-state index in [1.54, 1.807) is 37.3 Å². The number of urea groups is 1. The van der Waals surface area contributed by atoms with Crippen molar-refractivity contribution in [3.63, 3.8) is 0 Å². The summed E-state index contributed by atoms with van der Waals surface area (Å²) in [5.41, 5.74) is 1.57. The van der Waals surface area contributed by atoms with Gasteiger partial charge in [0.1, 0.15) is 19.0 Å². The van der Waals surface area contributed by atoms with Gasteiger partial charge >= 0.3 is 12.0 Å². The van der Waals surface area contributed by atoms with Gasteiger partial charge in [0.25, 0.3) is 0 Å². The van der Waals surface area contributed by atoms with Crippen LogP contribution in [-0.4, -0.2) is 38.9 Å². The molecule has 0 radical (unpaired) electrons. The lowest BCUT2D eigenvalue weighted by atomic mass is 9.95. The van der Waals surface area contributed by atoms with Crippen LogP contribution in [0.3, 0.4) is 0 Å². The van der Waals surface area contributed by atoms with Crippen LogP contribution in [0, 0.1) is 0 Å². The number of rotatable bonds is 8. The van der Waals surface area contributed by atoms with E-state index in [9.17, 15) is 9.59 Å². The molecule has 0 aliphatic carbocycles. The SMILES string of the molecule is C=CCOc1ccc([C@@H]2NC(=O)NC(C)=C2C(=O)OCCOC)cc1. The van der Waals surface area contributed by atoms with Crippen molar-refractivity contribution in [3.05, 3.63) is 53.8 Å². The second-order valence-corrected chi connectivity index (χ2v) is 5.37. The fourth-order valence-corrected chi connectivity index (χ4v) is 2.42. The van der Waals surface area contributed by atoms with Gasteiger partial charge in [0, 0.05) is 12.8 Å². The summed E-state index contributed by atoms with van der Waals surface area (Å²) in [5, 5.41) is 5.35. The number of amides is 2. The van der Waals surface area contributed by atoms with Crippen molar-refractivity contribution < 1.29 is 23.8 Å². The molecule has 7 heteroatoms. The van der Waals surface area contributed by atoms with E-state index < -0.39 is 12.0 Å². The van der Waals surface area contributed by atoms with Crippen LogP contribution in [0.2, 0.25) is 0 Å². The maximum absolute atomic E-state index is 12.4. The van der Waals surface area contributed by atoms with Gasteiger partial charge in [0.2, 0.25) is 0 Å². The zero-order chi connectivity index (χ0) is 18.2. The average Bonchev–Trinajstić information content (AvgIpc) is 2.59. The first kappa shape index (κ1) is 18.5. The fourth-order valence-electron chi connectivity index (χ4n) is 2.42. The molecular weight excluding hydrogens is 324 g/mol. The highest BCUT2D eigenvalue weighted by atomic mass is 16.6. The van der Waals surface area contributed by atoms with E-state index in [-0.39, 0.29) is 12.6 Å². The first-order valence-corrected chi connectivity index (χ1v) is 7.84. The second kappa shape index (κ2) is 8.89. The van der Waals surface area contributed by atoms with Crippen molar-refractivity contribution in [2.75, 3.05) is 26.9 Å². The van der Waals surface area contributed by atoms with E-state index in [0.717, 1.165) is 5.56 Å². The van der Waals surface area contributed by atoms with Gasteiger partial charge in [0.05, 0.1) is 18.2 Å². The zero-order valence-corrected chi connectivity index (χ0v) is 14.3. The van der Waals surface area contributed by atoms with Gasteiger partial charge < -0.3 is 24.8 Å². The molecule has 2 amide bonds. The Hall–Kier alpha value is -2.80. The van der Waals surface area contributed by atoms with Crippen LogP contribution >= 0.6 is 0 Å². The molecule has 1 aliphatic rings. The van der Waals surface area contributed by atoms with Crippen molar-refractivity contribution in [1.29, 1.82) is 0 Å². The van der Waals surface area contributed by atoms with Crippen molar-refractivity contribution in [1.82, 2.24) is 10.6 Å². The summed E-state index contributed by atoms with van der Waals surface area (Å²) in [6.07, 6.45) is 1.65. The highest BCUT2D eigenvalue weighted by Gasteiger charge is 2.32. The summed E-state index contributed by atoms with van der Waals surface area (Å²) in [6.45, 7) is 6.11. The minimum absolute atomic E-state index is 0.140. The van der Waals surface area contributed by atoms with Crippen molar-refractivity contribution >= 4 is 12.0 Å². The molecule has 1 aliphatic heterocycles. The van der Waals surface area contributed by atoms with Crippen LogP contribution < -0.4 is 15.4 Å². The van der Waals surface area contributed by atoms with Crippen LogP contribution in [0.4, 0.5) is 4.79 Å². The summed E-state index contributed by atoms with van der Waals surface area (Å²) >= 11 is 0. The van der Waals surface area contributed by atoms with Gasteiger partial charge in [-0.2, -0.15) is 0 Å². The number of allylic oxidation sites excluding steroid dienone is 1. The predicted octanol–water partition coefficient (Wildman–Crippen LogP) is 2.07. The molecule has 0 bridgehead atoms. The van der Waals surface area contributed by atoms with E-state index in [1.807, 2.05) is 0 Å². The summed E-state index contributed by atoms with van der Waals surface area (Å²) in [4.78, 5) is 24.2. The average molecular weight is 346 g/mol. The third kappa shape index (κ3) is 4.84. The largest absolute Gasteiger partial charge is 0.490 e. The maximum Gasteiger partial charge on any atom is 0.338 e. The van der Waals surface area contributed by atoms with Gasteiger partial charge in [-0.3, -0.25) is 0 Å². The molecule has 2 rings (SSSR count). The lowest BCUT2D eigenvalue weighted by molar-refractivity contribution is -0.140. The van der Waals surface area contributed by atoms with E-state index in [4.69, 9.17) is 14.2 Å². The molecule has 0 saturated carbocycles. The normalized spacial score (nSPS) is 16.7. The topological polar surface area (TPSA) is 85.9 Å².